The molecule has 0 saturated carbocycles. The normalized spacial score (nSPS) is 13.1. The van der Waals surface area contributed by atoms with Crippen LogP contribution in [0.1, 0.15) is 20.3 Å². The number of hydrogen-bond acceptors (Lipinski definition) is 6. The van der Waals surface area contributed by atoms with Crippen molar-refractivity contribution < 1.29 is 29.4 Å². The Kier molecular flexibility index (Phi) is 9.51. The summed E-state index contributed by atoms with van der Waals surface area (Å²) < 4.78 is 0. The van der Waals surface area contributed by atoms with Gasteiger partial charge in [0.05, 0.1) is 13.2 Å². The molecule has 0 aromatic heterocycles. The summed E-state index contributed by atoms with van der Waals surface area (Å²) in [6, 6.07) is -2.22. The summed E-state index contributed by atoms with van der Waals surface area (Å²) in [6.07, 6.45) is 0.264. The molecule has 0 aliphatic heterocycles. The van der Waals surface area contributed by atoms with Crippen LogP contribution in [0.2, 0.25) is 0 Å². The zero-order chi connectivity index (χ0) is 18.0. The third-order valence-corrected chi connectivity index (χ3v) is 2.77. The van der Waals surface area contributed by atoms with Crippen LogP contribution < -0.4 is 21.7 Å². The highest BCUT2D eigenvalue weighted by molar-refractivity contribution is 5.93. The van der Waals surface area contributed by atoms with Crippen LogP contribution in [0.4, 0.5) is 0 Å². The fourth-order valence-corrected chi connectivity index (χ4v) is 1.71. The van der Waals surface area contributed by atoms with E-state index in [0.29, 0.717) is 0 Å². The van der Waals surface area contributed by atoms with Gasteiger partial charge >= 0.3 is 5.97 Å². The molecule has 10 heteroatoms. The van der Waals surface area contributed by atoms with Gasteiger partial charge in [-0.05, 0) is 12.3 Å². The van der Waals surface area contributed by atoms with Crippen molar-refractivity contribution in [1.29, 1.82) is 0 Å². The molecule has 2 unspecified atom stereocenters. The number of carboxylic acids is 1. The van der Waals surface area contributed by atoms with E-state index in [-0.39, 0.29) is 18.9 Å². The number of carbonyl (C=O) groups excluding carboxylic acids is 3. The fraction of sp³-hybridized carbons (Fsp3) is 0.692. The van der Waals surface area contributed by atoms with Crippen molar-refractivity contribution in [3.63, 3.8) is 0 Å². The summed E-state index contributed by atoms with van der Waals surface area (Å²) in [5, 5.41) is 24.5. The number of hydrogen-bond donors (Lipinski definition) is 6. The molecule has 0 aliphatic carbocycles. The van der Waals surface area contributed by atoms with Gasteiger partial charge in [-0.2, -0.15) is 0 Å². The number of nitrogens with one attached hydrogen (secondary N) is 3. The molecule has 0 aromatic rings. The summed E-state index contributed by atoms with van der Waals surface area (Å²) in [5.74, 6) is -3.21. The van der Waals surface area contributed by atoms with E-state index in [1.165, 1.54) is 0 Å². The Morgan fingerprint density at radius 3 is 2.09 bits per heavy atom. The average molecular weight is 332 g/mol. The summed E-state index contributed by atoms with van der Waals surface area (Å²) in [5.41, 5.74) is 5.11. The molecule has 132 valence electrons. The lowest BCUT2D eigenvalue weighted by atomic mass is 10.0. The van der Waals surface area contributed by atoms with Crippen molar-refractivity contribution in [1.82, 2.24) is 16.0 Å². The summed E-state index contributed by atoms with van der Waals surface area (Å²) in [7, 11) is 0. The number of aliphatic hydroxyl groups is 1. The lowest BCUT2D eigenvalue weighted by Gasteiger charge is -2.23. The van der Waals surface area contributed by atoms with E-state index >= 15 is 0 Å². The van der Waals surface area contributed by atoms with Crippen LogP contribution in [0.3, 0.4) is 0 Å². The first-order valence-corrected chi connectivity index (χ1v) is 7.11. The van der Waals surface area contributed by atoms with Gasteiger partial charge in [-0.3, -0.25) is 19.2 Å². The minimum atomic E-state index is -1.24. The molecule has 0 aliphatic rings. The molecule has 0 aromatic carbocycles. The monoisotopic (exact) mass is 332 g/mol. The molecule has 0 saturated heterocycles. The van der Waals surface area contributed by atoms with Gasteiger partial charge in [0.2, 0.25) is 17.7 Å². The number of amides is 3. The van der Waals surface area contributed by atoms with Crippen LogP contribution in [-0.4, -0.2) is 65.7 Å². The van der Waals surface area contributed by atoms with Gasteiger partial charge in [-0.25, -0.2) is 0 Å². The predicted octanol–water partition coefficient (Wildman–Crippen LogP) is -2.85. The Labute approximate surface area is 133 Å². The maximum Gasteiger partial charge on any atom is 0.322 e. The van der Waals surface area contributed by atoms with E-state index in [1.807, 2.05) is 13.8 Å². The highest BCUT2D eigenvalue weighted by atomic mass is 16.4. The molecular formula is C13H24N4O6. The Morgan fingerprint density at radius 2 is 1.65 bits per heavy atom. The first kappa shape index (κ1) is 20.8. The topological polar surface area (TPSA) is 171 Å². The Bertz CT molecular complexity index is 440. The Morgan fingerprint density at radius 1 is 1.04 bits per heavy atom. The molecule has 3 amide bonds. The standard InChI is InChI=1S/C13H24N4O6/c1-7(2)3-8(12(22)15-5-11(20)21)17-13(23)9(6-18)16-10(19)4-14/h7-9,18H,3-6,14H2,1-2H3,(H,15,22)(H,16,19)(H,17,23)(H,20,21). The zero-order valence-electron chi connectivity index (χ0n) is 13.2. The first-order valence-electron chi connectivity index (χ1n) is 7.11. The smallest absolute Gasteiger partial charge is 0.322 e. The molecule has 2 atom stereocenters. The van der Waals surface area contributed by atoms with Crippen LogP contribution in [-0.2, 0) is 19.2 Å². The average Bonchev–Trinajstić information content (AvgIpc) is 2.48. The molecule has 0 bridgehead atoms. The number of rotatable bonds is 10. The highest BCUT2D eigenvalue weighted by Crippen LogP contribution is 2.05. The number of nitrogens with two attached hydrogens (primary N) is 1. The van der Waals surface area contributed by atoms with E-state index in [2.05, 4.69) is 16.0 Å². The van der Waals surface area contributed by atoms with Crippen molar-refractivity contribution >= 4 is 23.7 Å². The molecule has 0 heterocycles. The third-order valence-electron chi connectivity index (χ3n) is 2.77. The van der Waals surface area contributed by atoms with Gasteiger partial charge in [0.15, 0.2) is 0 Å². The molecule has 0 fully saturated rings. The van der Waals surface area contributed by atoms with Crippen molar-refractivity contribution in [2.75, 3.05) is 19.7 Å². The van der Waals surface area contributed by atoms with E-state index in [1.54, 1.807) is 0 Å². The molecule has 7 N–H and O–H groups in total. The second-order valence-corrected chi connectivity index (χ2v) is 5.31. The van der Waals surface area contributed by atoms with Gasteiger partial charge in [0.1, 0.15) is 18.6 Å². The maximum absolute atomic E-state index is 12.0. The minimum absolute atomic E-state index is 0.0436. The maximum atomic E-state index is 12.0. The van der Waals surface area contributed by atoms with Crippen molar-refractivity contribution in [3.05, 3.63) is 0 Å². The summed E-state index contributed by atoms with van der Waals surface area (Å²) in [6.45, 7) is 2.06. The highest BCUT2D eigenvalue weighted by Gasteiger charge is 2.26. The number of aliphatic hydroxyl groups excluding tert-OH is 1. The predicted molar refractivity (Wildman–Crippen MR) is 80.1 cm³/mol. The van der Waals surface area contributed by atoms with E-state index < -0.39 is 48.9 Å². The lowest BCUT2D eigenvalue weighted by molar-refractivity contribution is -0.138. The van der Waals surface area contributed by atoms with Crippen LogP contribution in [0.25, 0.3) is 0 Å². The quantitative estimate of drug-likeness (QED) is 0.250. The van der Waals surface area contributed by atoms with Crippen LogP contribution in [0.15, 0.2) is 0 Å². The van der Waals surface area contributed by atoms with Crippen LogP contribution in [0, 0.1) is 5.92 Å². The molecular weight excluding hydrogens is 308 g/mol. The molecule has 0 rings (SSSR count). The summed E-state index contributed by atoms with van der Waals surface area (Å²) in [4.78, 5) is 45.7. The van der Waals surface area contributed by atoms with Gasteiger partial charge in [-0.1, -0.05) is 13.8 Å². The molecule has 10 nitrogen and oxygen atoms in total. The van der Waals surface area contributed by atoms with Gasteiger partial charge in [0.25, 0.3) is 0 Å². The molecule has 0 spiro atoms. The summed E-state index contributed by atoms with van der Waals surface area (Å²) >= 11 is 0. The first-order chi connectivity index (χ1) is 10.7. The number of aliphatic carboxylic acids is 1. The zero-order valence-corrected chi connectivity index (χ0v) is 13.2. The van der Waals surface area contributed by atoms with Gasteiger partial charge in [-0.15, -0.1) is 0 Å². The van der Waals surface area contributed by atoms with Crippen molar-refractivity contribution in [2.45, 2.75) is 32.4 Å². The van der Waals surface area contributed by atoms with Crippen LogP contribution in [0.5, 0.6) is 0 Å². The second-order valence-electron chi connectivity index (χ2n) is 5.31. The molecule has 23 heavy (non-hydrogen) atoms. The largest absolute Gasteiger partial charge is 0.480 e. The Balaban J connectivity index is 4.84. The van der Waals surface area contributed by atoms with Crippen molar-refractivity contribution in [2.24, 2.45) is 11.7 Å². The number of carboxylic acid groups (broad SMARTS) is 1. The molecule has 0 radical (unpaired) electrons. The second kappa shape index (κ2) is 10.5. The SMILES string of the molecule is CC(C)CC(NC(=O)C(CO)NC(=O)CN)C(=O)NCC(=O)O. The Hall–Kier alpha value is -2.20. The minimum Gasteiger partial charge on any atom is -0.480 e. The van der Waals surface area contributed by atoms with E-state index in [0.717, 1.165) is 0 Å². The van der Waals surface area contributed by atoms with Crippen LogP contribution >= 0.6 is 0 Å². The fourth-order valence-electron chi connectivity index (χ4n) is 1.71. The van der Waals surface area contributed by atoms with Gasteiger partial charge < -0.3 is 31.9 Å². The van der Waals surface area contributed by atoms with Gasteiger partial charge in [0, 0.05) is 0 Å². The third kappa shape index (κ3) is 8.73. The lowest BCUT2D eigenvalue weighted by Crippen LogP contribution is -2.56. The number of carbonyl (C=O) groups is 4. The van der Waals surface area contributed by atoms with E-state index in [4.69, 9.17) is 15.9 Å². The van der Waals surface area contributed by atoms with Crippen molar-refractivity contribution in [3.8, 4) is 0 Å². The van der Waals surface area contributed by atoms with E-state index in [9.17, 15) is 19.2 Å².